The maximum atomic E-state index is 6.08. The van der Waals surface area contributed by atoms with Crippen LogP contribution in [0.4, 0.5) is 0 Å². The molecule has 0 bridgehead atoms. The molecule has 0 aromatic heterocycles. The Balaban J connectivity index is 2.01. The molecule has 23 heavy (non-hydrogen) atoms. The number of benzene rings is 2. The summed E-state index contributed by atoms with van der Waals surface area (Å²) in [6.07, 6.45) is 2.51. The molecule has 0 heterocycles. The van der Waals surface area contributed by atoms with E-state index in [0.717, 1.165) is 22.4 Å². The second-order valence-electron chi connectivity index (χ2n) is 7.19. The topological polar surface area (TPSA) is 9.23 Å². The quantitative estimate of drug-likeness (QED) is 0.462. The summed E-state index contributed by atoms with van der Waals surface area (Å²) in [5.74, 6) is 0.977. The first-order valence-corrected chi connectivity index (χ1v) is 12.8. The van der Waals surface area contributed by atoms with Crippen LogP contribution in [0.5, 0.6) is 5.75 Å². The van der Waals surface area contributed by atoms with Crippen LogP contribution in [0.3, 0.4) is 0 Å². The van der Waals surface area contributed by atoms with Crippen molar-refractivity contribution in [2.75, 3.05) is 6.61 Å². The van der Waals surface area contributed by atoms with Crippen LogP contribution >= 0.6 is 15.9 Å². The van der Waals surface area contributed by atoms with Gasteiger partial charge in [0.05, 0.1) is 14.7 Å². The van der Waals surface area contributed by atoms with Gasteiger partial charge in [-0.15, -0.1) is 0 Å². The molecule has 3 heteroatoms. The molecular weight excluding hydrogens is 364 g/mol. The zero-order valence-electron chi connectivity index (χ0n) is 14.6. The van der Waals surface area contributed by atoms with Crippen LogP contribution in [0.15, 0.2) is 53.0 Å². The van der Waals surface area contributed by atoms with Gasteiger partial charge in [0, 0.05) is 4.47 Å². The summed E-state index contributed by atoms with van der Waals surface area (Å²) in [6.45, 7) is 10.4. The zero-order valence-corrected chi connectivity index (χ0v) is 17.2. The molecular formula is C20H27BrOSi. The van der Waals surface area contributed by atoms with E-state index in [1.165, 1.54) is 24.0 Å². The molecule has 0 N–H and O–H groups in total. The van der Waals surface area contributed by atoms with Gasteiger partial charge in [-0.2, -0.15) is 0 Å². The van der Waals surface area contributed by atoms with E-state index in [1.54, 1.807) is 0 Å². The summed E-state index contributed by atoms with van der Waals surface area (Å²) in [6, 6.07) is 16.9. The number of hydrogen-bond acceptors (Lipinski definition) is 1. The molecule has 124 valence electrons. The molecule has 0 aliphatic rings. The van der Waals surface area contributed by atoms with Gasteiger partial charge in [-0.3, -0.25) is 0 Å². The number of rotatable bonds is 7. The van der Waals surface area contributed by atoms with E-state index in [4.69, 9.17) is 4.74 Å². The molecule has 1 nitrogen and oxygen atoms in total. The molecule has 2 aromatic rings. The van der Waals surface area contributed by atoms with E-state index in [9.17, 15) is 0 Å². The van der Waals surface area contributed by atoms with Crippen molar-refractivity contribution in [3.05, 3.63) is 53.0 Å². The first kappa shape index (κ1) is 18.3. The van der Waals surface area contributed by atoms with E-state index >= 15 is 0 Å². The van der Waals surface area contributed by atoms with E-state index in [-0.39, 0.29) is 0 Å². The summed E-state index contributed by atoms with van der Waals surface area (Å²) >= 11 is 3.48. The molecule has 1 unspecified atom stereocenters. The van der Waals surface area contributed by atoms with Crippen molar-refractivity contribution in [2.24, 2.45) is 0 Å². The largest absolute Gasteiger partial charge is 0.494 e. The average molecular weight is 391 g/mol. The minimum absolute atomic E-state index is 0.721. The smallest absolute Gasteiger partial charge is 0.119 e. The Morgan fingerprint density at radius 2 is 1.43 bits per heavy atom. The highest BCUT2D eigenvalue weighted by molar-refractivity contribution is 9.10. The van der Waals surface area contributed by atoms with Crippen molar-refractivity contribution in [3.63, 3.8) is 0 Å². The fourth-order valence-corrected chi connectivity index (χ4v) is 4.70. The van der Waals surface area contributed by atoms with Crippen LogP contribution in [0, 0.1) is 0 Å². The highest BCUT2D eigenvalue weighted by Gasteiger charge is 2.26. The first-order valence-electron chi connectivity index (χ1n) is 8.39. The summed E-state index contributed by atoms with van der Waals surface area (Å²) in [5, 5.41) is 0. The fourth-order valence-electron chi connectivity index (χ4n) is 2.70. The summed E-state index contributed by atoms with van der Waals surface area (Å²) < 4.78 is 7.19. The zero-order chi connectivity index (χ0) is 16.9. The predicted molar refractivity (Wildman–Crippen MR) is 107 cm³/mol. The molecule has 0 amide bonds. The number of halogens is 1. The second-order valence-corrected chi connectivity index (χ2v) is 13.7. The van der Waals surface area contributed by atoms with Crippen LogP contribution in [-0.2, 0) is 0 Å². The molecule has 2 aromatic carbocycles. The van der Waals surface area contributed by atoms with Crippen molar-refractivity contribution in [1.82, 2.24) is 0 Å². The van der Waals surface area contributed by atoms with Gasteiger partial charge < -0.3 is 4.74 Å². The minimum atomic E-state index is -1.16. The lowest BCUT2D eigenvalue weighted by Gasteiger charge is -2.28. The van der Waals surface area contributed by atoms with Crippen molar-refractivity contribution >= 4 is 24.0 Å². The lowest BCUT2D eigenvalue weighted by atomic mass is 10.1. The highest BCUT2D eigenvalue weighted by atomic mass is 79.9. The molecule has 0 aliphatic heterocycles. The minimum Gasteiger partial charge on any atom is -0.494 e. The van der Waals surface area contributed by atoms with E-state index in [2.05, 4.69) is 91.0 Å². The third-order valence-electron chi connectivity index (χ3n) is 4.34. The number of hydrogen-bond donors (Lipinski definition) is 0. The maximum absolute atomic E-state index is 6.08. The van der Waals surface area contributed by atoms with Crippen LogP contribution in [0.1, 0.15) is 19.8 Å². The molecule has 0 spiro atoms. The third-order valence-corrected chi connectivity index (χ3v) is 7.78. The van der Waals surface area contributed by atoms with Gasteiger partial charge in [0.25, 0.3) is 0 Å². The lowest BCUT2D eigenvalue weighted by molar-refractivity contribution is 0.302. The molecule has 1 atom stereocenters. The van der Waals surface area contributed by atoms with E-state index < -0.39 is 8.07 Å². The summed E-state index contributed by atoms with van der Waals surface area (Å²) in [7, 11) is -1.16. The normalized spacial score (nSPS) is 12.9. The molecule has 0 saturated carbocycles. The highest BCUT2D eigenvalue weighted by Crippen LogP contribution is 2.29. The SMILES string of the molecule is CCCC(COc1ccc(-c2ccc(Br)cc2)cc1)[Si](C)(C)C. The Hall–Kier alpha value is -1.06. The monoisotopic (exact) mass is 390 g/mol. The van der Waals surface area contributed by atoms with E-state index in [1.807, 2.05) is 0 Å². The van der Waals surface area contributed by atoms with Gasteiger partial charge in [0.1, 0.15) is 5.75 Å². The van der Waals surface area contributed by atoms with Gasteiger partial charge in [-0.25, -0.2) is 0 Å². The maximum Gasteiger partial charge on any atom is 0.119 e. The Kier molecular flexibility index (Phi) is 6.48. The van der Waals surface area contributed by atoms with Crippen molar-refractivity contribution < 1.29 is 4.74 Å². The standard InChI is InChI=1S/C20H27BrOSi/c1-5-6-20(23(2,3)4)15-22-19-13-9-17(10-14-19)16-7-11-18(21)12-8-16/h7-14,20H,5-6,15H2,1-4H3. The van der Waals surface area contributed by atoms with Crippen LogP contribution < -0.4 is 4.74 Å². The van der Waals surface area contributed by atoms with Crippen molar-refractivity contribution in [3.8, 4) is 16.9 Å². The molecule has 0 saturated heterocycles. The van der Waals surface area contributed by atoms with Gasteiger partial charge in [-0.1, -0.05) is 73.2 Å². The predicted octanol–water partition coefficient (Wildman–Crippen LogP) is 7.00. The van der Waals surface area contributed by atoms with E-state index in [0.29, 0.717) is 0 Å². The third kappa shape index (κ3) is 5.50. The van der Waals surface area contributed by atoms with Crippen LogP contribution in [0.25, 0.3) is 11.1 Å². The Labute approximate surface area is 150 Å². The molecule has 0 aliphatic carbocycles. The molecule has 0 fully saturated rings. The van der Waals surface area contributed by atoms with Gasteiger partial charge in [-0.05, 0) is 47.4 Å². The number of ether oxygens (including phenoxy) is 1. The molecule has 0 radical (unpaired) electrons. The van der Waals surface area contributed by atoms with Crippen molar-refractivity contribution in [1.29, 1.82) is 0 Å². The Morgan fingerprint density at radius 3 is 1.91 bits per heavy atom. The van der Waals surface area contributed by atoms with Crippen LogP contribution in [0.2, 0.25) is 25.2 Å². The van der Waals surface area contributed by atoms with Crippen LogP contribution in [-0.4, -0.2) is 14.7 Å². The molecule has 2 rings (SSSR count). The fraction of sp³-hybridized carbons (Fsp3) is 0.400. The van der Waals surface area contributed by atoms with Gasteiger partial charge in [0.2, 0.25) is 0 Å². The Bertz CT molecular complexity index is 599. The first-order chi connectivity index (χ1) is 10.9. The summed E-state index contributed by atoms with van der Waals surface area (Å²) in [4.78, 5) is 0. The lowest BCUT2D eigenvalue weighted by Crippen LogP contribution is -2.32. The van der Waals surface area contributed by atoms with Crippen molar-refractivity contribution in [2.45, 2.75) is 44.9 Å². The van der Waals surface area contributed by atoms with Gasteiger partial charge in [0.15, 0.2) is 0 Å². The summed E-state index contributed by atoms with van der Waals surface area (Å²) in [5.41, 5.74) is 3.17. The van der Waals surface area contributed by atoms with Gasteiger partial charge >= 0.3 is 0 Å². The second kappa shape index (κ2) is 8.16. The Morgan fingerprint density at radius 1 is 0.913 bits per heavy atom. The average Bonchev–Trinajstić information content (AvgIpc) is 2.52.